The molecule has 0 atom stereocenters. The van der Waals surface area contributed by atoms with E-state index in [1.807, 2.05) is 18.7 Å². The molecule has 114 valence electrons. The molecule has 1 aliphatic carbocycles. The smallest absolute Gasteiger partial charge is 0.248 e. The predicted molar refractivity (Wildman–Crippen MR) is 79.3 cm³/mol. The molecule has 4 nitrogen and oxygen atoms in total. The van der Waals surface area contributed by atoms with Crippen LogP contribution in [0.1, 0.15) is 71.6 Å². The molecule has 2 aliphatic rings. The van der Waals surface area contributed by atoms with E-state index in [0.717, 1.165) is 12.8 Å². The molecule has 4 heteroatoms. The number of carbonyl (C=O) groups is 2. The van der Waals surface area contributed by atoms with Crippen LogP contribution in [0.2, 0.25) is 0 Å². The van der Waals surface area contributed by atoms with E-state index in [-0.39, 0.29) is 11.8 Å². The van der Waals surface area contributed by atoms with Gasteiger partial charge in [0.25, 0.3) is 0 Å². The highest BCUT2D eigenvalue weighted by Crippen LogP contribution is 2.28. The summed E-state index contributed by atoms with van der Waals surface area (Å²) in [5.41, 5.74) is -0.667. The molecule has 0 aromatic carbocycles. The summed E-state index contributed by atoms with van der Waals surface area (Å²) >= 11 is 0. The van der Waals surface area contributed by atoms with Gasteiger partial charge in [0.05, 0.1) is 0 Å². The van der Waals surface area contributed by atoms with Crippen molar-refractivity contribution in [2.45, 2.75) is 83.2 Å². The highest BCUT2D eigenvalue weighted by Gasteiger charge is 2.43. The first-order valence-electron chi connectivity index (χ1n) is 8.25. The number of rotatable bonds is 3. The van der Waals surface area contributed by atoms with Gasteiger partial charge in [-0.1, -0.05) is 39.5 Å². The first-order valence-corrected chi connectivity index (χ1v) is 8.25. The first-order chi connectivity index (χ1) is 9.63. The van der Waals surface area contributed by atoms with Gasteiger partial charge in [0.2, 0.25) is 11.8 Å². The lowest BCUT2D eigenvalue weighted by atomic mass is 9.90. The van der Waals surface area contributed by atoms with Crippen LogP contribution in [0.3, 0.4) is 0 Å². The summed E-state index contributed by atoms with van der Waals surface area (Å²) in [6, 6.07) is 0.343. The summed E-state index contributed by atoms with van der Waals surface area (Å²) in [6.45, 7) is 4.59. The lowest BCUT2D eigenvalue weighted by Gasteiger charge is -2.37. The second-order valence-electron chi connectivity index (χ2n) is 6.23. The Balaban J connectivity index is 2.22. The molecular weight excluding hydrogens is 252 g/mol. The van der Waals surface area contributed by atoms with Gasteiger partial charge in [-0.15, -0.1) is 0 Å². The van der Waals surface area contributed by atoms with Crippen LogP contribution in [0.5, 0.6) is 0 Å². The van der Waals surface area contributed by atoms with Crippen LogP contribution in [0.15, 0.2) is 0 Å². The van der Waals surface area contributed by atoms with Crippen LogP contribution < -0.4 is 5.32 Å². The fourth-order valence-corrected chi connectivity index (χ4v) is 3.63. The number of nitrogens with zero attached hydrogens (tertiary/aromatic N) is 1. The Bertz CT molecular complexity index is 355. The molecule has 0 aromatic rings. The lowest BCUT2D eigenvalue weighted by molar-refractivity contribution is -0.141. The molecule has 0 radical (unpaired) electrons. The van der Waals surface area contributed by atoms with Gasteiger partial charge in [-0.2, -0.15) is 0 Å². The average Bonchev–Trinajstić information content (AvgIpc) is 2.79. The lowest BCUT2D eigenvalue weighted by Crippen LogP contribution is -2.58. The van der Waals surface area contributed by atoms with Crippen molar-refractivity contribution in [1.29, 1.82) is 0 Å². The third kappa shape index (κ3) is 2.99. The second-order valence-corrected chi connectivity index (χ2v) is 6.23. The summed E-state index contributed by atoms with van der Waals surface area (Å²) in [5.74, 6) is 0.179. The van der Waals surface area contributed by atoms with Gasteiger partial charge in [-0.05, 0) is 25.7 Å². The molecule has 20 heavy (non-hydrogen) atoms. The van der Waals surface area contributed by atoms with E-state index < -0.39 is 5.54 Å². The minimum Gasteiger partial charge on any atom is -0.342 e. The number of nitrogens with one attached hydrogen (secondary N) is 1. The molecule has 1 saturated heterocycles. The second kappa shape index (κ2) is 6.59. The molecule has 0 aromatic heterocycles. The van der Waals surface area contributed by atoms with Crippen molar-refractivity contribution in [3.05, 3.63) is 0 Å². The highest BCUT2D eigenvalue weighted by molar-refractivity contribution is 5.93. The summed E-state index contributed by atoms with van der Waals surface area (Å²) < 4.78 is 0. The number of hydrogen-bond acceptors (Lipinski definition) is 2. The zero-order valence-corrected chi connectivity index (χ0v) is 12.9. The maximum absolute atomic E-state index is 13.0. The Morgan fingerprint density at radius 3 is 2.25 bits per heavy atom. The minimum atomic E-state index is -0.667. The van der Waals surface area contributed by atoms with Crippen molar-refractivity contribution in [1.82, 2.24) is 10.2 Å². The van der Waals surface area contributed by atoms with Gasteiger partial charge in [0.15, 0.2) is 0 Å². The zero-order valence-electron chi connectivity index (χ0n) is 12.9. The molecule has 1 aliphatic heterocycles. The molecule has 1 heterocycles. The zero-order chi connectivity index (χ0) is 14.6. The highest BCUT2D eigenvalue weighted by atomic mass is 16.2. The molecule has 2 rings (SSSR count). The van der Waals surface area contributed by atoms with Crippen molar-refractivity contribution in [2.75, 3.05) is 6.54 Å². The van der Waals surface area contributed by atoms with Gasteiger partial charge in [-0.3, -0.25) is 9.59 Å². The fraction of sp³-hybridized carbons (Fsp3) is 0.875. The number of amides is 2. The van der Waals surface area contributed by atoms with E-state index in [1.165, 1.54) is 25.7 Å². The molecule has 0 spiro atoms. The summed E-state index contributed by atoms with van der Waals surface area (Å²) in [4.78, 5) is 27.0. The quantitative estimate of drug-likeness (QED) is 0.808. The van der Waals surface area contributed by atoms with E-state index in [0.29, 0.717) is 31.8 Å². The first kappa shape index (κ1) is 15.3. The summed E-state index contributed by atoms with van der Waals surface area (Å²) in [5, 5.41) is 3.00. The maximum atomic E-state index is 13.0. The topological polar surface area (TPSA) is 49.4 Å². The molecule has 2 fully saturated rings. The Morgan fingerprint density at radius 1 is 1.10 bits per heavy atom. The van der Waals surface area contributed by atoms with Gasteiger partial charge in [0.1, 0.15) is 5.54 Å². The molecule has 0 bridgehead atoms. The Hall–Kier alpha value is -1.06. The van der Waals surface area contributed by atoms with Crippen LogP contribution in [-0.2, 0) is 9.59 Å². The van der Waals surface area contributed by atoms with E-state index in [2.05, 4.69) is 5.32 Å². The Labute approximate surface area is 122 Å². The van der Waals surface area contributed by atoms with Crippen LogP contribution in [-0.4, -0.2) is 34.8 Å². The average molecular weight is 280 g/mol. The Morgan fingerprint density at radius 2 is 1.70 bits per heavy atom. The van der Waals surface area contributed by atoms with Gasteiger partial charge < -0.3 is 10.2 Å². The number of hydrogen-bond donors (Lipinski definition) is 1. The van der Waals surface area contributed by atoms with Gasteiger partial charge in [-0.25, -0.2) is 0 Å². The molecule has 2 amide bonds. The van der Waals surface area contributed by atoms with E-state index in [9.17, 15) is 9.59 Å². The normalized spacial score (nSPS) is 25.0. The summed E-state index contributed by atoms with van der Waals surface area (Å²) in [6.07, 6.45) is 8.98. The van der Waals surface area contributed by atoms with Crippen LogP contribution in [0.4, 0.5) is 0 Å². The molecule has 0 unspecified atom stereocenters. The van der Waals surface area contributed by atoms with Gasteiger partial charge in [0, 0.05) is 19.0 Å². The van der Waals surface area contributed by atoms with E-state index >= 15 is 0 Å². The van der Waals surface area contributed by atoms with E-state index in [1.54, 1.807) is 0 Å². The fourth-order valence-electron chi connectivity index (χ4n) is 3.63. The van der Waals surface area contributed by atoms with Crippen LogP contribution in [0.25, 0.3) is 0 Å². The monoisotopic (exact) mass is 280 g/mol. The minimum absolute atomic E-state index is 0.0261. The third-order valence-electron chi connectivity index (χ3n) is 5.10. The van der Waals surface area contributed by atoms with Crippen LogP contribution in [0, 0.1) is 0 Å². The van der Waals surface area contributed by atoms with Crippen molar-refractivity contribution >= 4 is 11.8 Å². The third-order valence-corrected chi connectivity index (χ3v) is 5.10. The standard InChI is InChI=1S/C16H28N2O2/c1-3-16(4-2)15(20)18(12-11-14(19)17-16)13-9-7-5-6-8-10-13/h13H,3-12H2,1-2H3,(H,17,19). The van der Waals surface area contributed by atoms with Crippen molar-refractivity contribution < 1.29 is 9.59 Å². The Kier molecular flexibility index (Phi) is 5.06. The number of carbonyl (C=O) groups excluding carboxylic acids is 2. The molecule has 1 N–H and O–H groups in total. The molecular formula is C16H28N2O2. The van der Waals surface area contributed by atoms with Crippen molar-refractivity contribution in [3.8, 4) is 0 Å². The largest absolute Gasteiger partial charge is 0.342 e. The SMILES string of the molecule is CCC1(CC)NC(=O)CCN(C2CCCCCC2)C1=O. The van der Waals surface area contributed by atoms with Crippen molar-refractivity contribution in [3.63, 3.8) is 0 Å². The van der Waals surface area contributed by atoms with Crippen LogP contribution >= 0.6 is 0 Å². The maximum Gasteiger partial charge on any atom is 0.248 e. The summed E-state index contributed by atoms with van der Waals surface area (Å²) in [7, 11) is 0. The van der Waals surface area contributed by atoms with Gasteiger partial charge >= 0.3 is 0 Å². The van der Waals surface area contributed by atoms with Crippen molar-refractivity contribution in [2.24, 2.45) is 0 Å². The van der Waals surface area contributed by atoms with E-state index in [4.69, 9.17) is 0 Å². The molecule has 1 saturated carbocycles. The predicted octanol–water partition coefficient (Wildman–Crippen LogP) is 2.62.